The zero-order valence-corrected chi connectivity index (χ0v) is 17.6. The highest BCUT2D eigenvalue weighted by molar-refractivity contribution is 7.89. The normalized spacial score (nSPS) is 16.6. The van der Waals surface area contributed by atoms with Crippen LogP contribution in [0, 0.1) is 5.92 Å². The number of amides is 2. The lowest BCUT2D eigenvalue weighted by Crippen LogP contribution is -2.38. The second kappa shape index (κ2) is 8.87. The van der Waals surface area contributed by atoms with Crippen molar-refractivity contribution in [3.05, 3.63) is 72.8 Å². The molecule has 4 rings (SSSR count). The molecule has 1 aliphatic rings. The molecule has 1 saturated heterocycles. The molecule has 160 valence electrons. The molecule has 3 aromatic carbocycles. The monoisotopic (exact) mass is 437 g/mol. The summed E-state index contributed by atoms with van der Waals surface area (Å²) in [6.07, 6.45) is 0.142. The second-order valence-electron chi connectivity index (χ2n) is 7.44. The lowest BCUT2D eigenvalue weighted by molar-refractivity contribution is -0.126. The molecule has 0 spiro atoms. The maximum absolute atomic E-state index is 12.5. The summed E-state index contributed by atoms with van der Waals surface area (Å²) in [7, 11) is -3.69. The summed E-state index contributed by atoms with van der Waals surface area (Å²) in [6.45, 7) is 0.517. The van der Waals surface area contributed by atoms with Crippen molar-refractivity contribution < 1.29 is 18.0 Å². The zero-order chi connectivity index (χ0) is 21.8. The van der Waals surface area contributed by atoms with Crippen LogP contribution in [0.1, 0.15) is 6.42 Å². The molecule has 1 heterocycles. The summed E-state index contributed by atoms with van der Waals surface area (Å²) in [4.78, 5) is 26.5. The molecular weight excluding hydrogens is 414 g/mol. The Morgan fingerprint density at radius 3 is 2.42 bits per heavy atom. The molecule has 0 bridgehead atoms. The SMILES string of the molecule is O=C(NCCNS(=O)(=O)c1ccc2ccccc2c1)[C@H]1CC(=O)N(c2ccccc2)C1. The number of nitrogens with one attached hydrogen (secondary N) is 2. The molecule has 0 radical (unpaired) electrons. The van der Waals surface area contributed by atoms with Gasteiger partial charge < -0.3 is 10.2 Å². The van der Waals surface area contributed by atoms with Gasteiger partial charge in [0, 0.05) is 31.7 Å². The molecule has 0 aromatic heterocycles. The standard InChI is InChI=1S/C23H23N3O4S/c27-22-15-19(16-26(22)20-8-2-1-3-9-20)23(28)24-12-13-25-31(29,30)21-11-10-17-6-4-5-7-18(17)14-21/h1-11,14,19,25H,12-13,15-16H2,(H,24,28)/t19-/m0/s1. The predicted octanol–water partition coefficient (Wildman–Crippen LogP) is 2.29. The smallest absolute Gasteiger partial charge is 0.240 e. The zero-order valence-electron chi connectivity index (χ0n) is 16.8. The van der Waals surface area contributed by atoms with Crippen LogP contribution in [0.15, 0.2) is 77.7 Å². The van der Waals surface area contributed by atoms with Gasteiger partial charge in [-0.25, -0.2) is 13.1 Å². The van der Waals surface area contributed by atoms with Gasteiger partial charge >= 0.3 is 0 Å². The van der Waals surface area contributed by atoms with E-state index in [9.17, 15) is 18.0 Å². The Morgan fingerprint density at radius 1 is 0.935 bits per heavy atom. The van der Waals surface area contributed by atoms with E-state index in [2.05, 4.69) is 10.0 Å². The summed E-state index contributed by atoms with van der Waals surface area (Å²) in [5, 5.41) is 4.53. The van der Waals surface area contributed by atoms with Crippen LogP contribution in [0.4, 0.5) is 5.69 Å². The quantitative estimate of drug-likeness (QED) is 0.555. The molecule has 0 unspecified atom stereocenters. The van der Waals surface area contributed by atoms with Crippen molar-refractivity contribution in [2.75, 3.05) is 24.5 Å². The number of anilines is 1. The molecule has 2 amide bonds. The number of sulfonamides is 1. The van der Waals surface area contributed by atoms with Gasteiger partial charge in [-0.1, -0.05) is 48.5 Å². The van der Waals surface area contributed by atoms with Gasteiger partial charge in [0.15, 0.2) is 0 Å². The fraction of sp³-hybridized carbons (Fsp3) is 0.217. The Hall–Kier alpha value is -3.23. The van der Waals surface area contributed by atoms with E-state index < -0.39 is 15.9 Å². The Balaban J connectivity index is 1.29. The van der Waals surface area contributed by atoms with Crippen LogP contribution in [-0.2, 0) is 19.6 Å². The average molecular weight is 438 g/mol. The number of nitrogens with zero attached hydrogens (tertiary/aromatic N) is 1. The van der Waals surface area contributed by atoms with Crippen LogP contribution in [0.3, 0.4) is 0 Å². The van der Waals surface area contributed by atoms with Crippen LogP contribution in [0.2, 0.25) is 0 Å². The molecule has 1 atom stereocenters. The maximum Gasteiger partial charge on any atom is 0.240 e. The van der Waals surface area contributed by atoms with E-state index in [1.165, 1.54) is 0 Å². The molecule has 3 aromatic rings. The number of hydrogen-bond acceptors (Lipinski definition) is 4. The Kier molecular flexibility index (Phi) is 6.01. The van der Waals surface area contributed by atoms with Crippen LogP contribution in [-0.4, -0.2) is 39.9 Å². The molecule has 0 saturated carbocycles. The summed E-state index contributed by atoms with van der Waals surface area (Å²) >= 11 is 0. The first-order valence-electron chi connectivity index (χ1n) is 10.1. The van der Waals surface area contributed by atoms with Crippen LogP contribution in [0.5, 0.6) is 0 Å². The van der Waals surface area contributed by atoms with Crippen molar-refractivity contribution >= 4 is 38.3 Å². The Morgan fingerprint density at radius 2 is 1.65 bits per heavy atom. The van der Waals surface area contributed by atoms with Crippen LogP contribution < -0.4 is 14.9 Å². The van der Waals surface area contributed by atoms with Crippen molar-refractivity contribution in [3.8, 4) is 0 Å². The highest BCUT2D eigenvalue weighted by atomic mass is 32.2. The third-order valence-electron chi connectivity index (χ3n) is 5.31. The number of para-hydroxylation sites is 1. The van der Waals surface area contributed by atoms with Gasteiger partial charge in [-0.05, 0) is 35.0 Å². The molecule has 0 aliphatic carbocycles. The van der Waals surface area contributed by atoms with Gasteiger partial charge in [-0.2, -0.15) is 0 Å². The molecule has 1 aliphatic heterocycles. The summed E-state index contributed by atoms with van der Waals surface area (Å²) in [5.74, 6) is -0.801. The van der Waals surface area contributed by atoms with Gasteiger partial charge in [0.25, 0.3) is 0 Å². The molecular formula is C23H23N3O4S. The van der Waals surface area contributed by atoms with Gasteiger partial charge in [-0.3, -0.25) is 9.59 Å². The fourth-order valence-corrected chi connectivity index (χ4v) is 4.74. The lowest BCUT2D eigenvalue weighted by Gasteiger charge is -2.16. The predicted molar refractivity (Wildman–Crippen MR) is 119 cm³/mol. The van der Waals surface area contributed by atoms with E-state index in [1.54, 1.807) is 23.1 Å². The van der Waals surface area contributed by atoms with E-state index in [4.69, 9.17) is 0 Å². The van der Waals surface area contributed by atoms with Crippen molar-refractivity contribution in [2.24, 2.45) is 5.92 Å². The van der Waals surface area contributed by atoms with E-state index >= 15 is 0 Å². The number of carbonyl (C=O) groups is 2. The summed E-state index contributed by atoms with van der Waals surface area (Å²) in [5.41, 5.74) is 0.769. The van der Waals surface area contributed by atoms with Crippen LogP contribution >= 0.6 is 0 Å². The first kappa shape index (κ1) is 21.0. The number of carbonyl (C=O) groups excluding carboxylic acids is 2. The van der Waals surface area contributed by atoms with Gasteiger partial charge in [0.05, 0.1) is 10.8 Å². The minimum Gasteiger partial charge on any atom is -0.354 e. The highest BCUT2D eigenvalue weighted by Crippen LogP contribution is 2.24. The lowest BCUT2D eigenvalue weighted by atomic mass is 10.1. The van der Waals surface area contributed by atoms with Crippen molar-refractivity contribution in [1.82, 2.24) is 10.0 Å². The first-order valence-corrected chi connectivity index (χ1v) is 11.5. The Bertz CT molecular complexity index is 1210. The molecule has 31 heavy (non-hydrogen) atoms. The maximum atomic E-state index is 12.5. The van der Waals surface area contributed by atoms with Gasteiger partial charge in [-0.15, -0.1) is 0 Å². The third-order valence-corrected chi connectivity index (χ3v) is 6.77. The molecule has 7 nitrogen and oxygen atoms in total. The number of benzene rings is 3. The first-order chi connectivity index (χ1) is 14.9. The topological polar surface area (TPSA) is 95.6 Å². The number of rotatable bonds is 7. The second-order valence-corrected chi connectivity index (χ2v) is 9.21. The van der Waals surface area contributed by atoms with Crippen LogP contribution in [0.25, 0.3) is 10.8 Å². The van der Waals surface area contributed by atoms with Crippen molar-refractivity contribution in [2.45, 2.75) is 11.3 Å². The van der Waals surface area contributed by atoms with E-state index in [0.717, 1.165) is 16.5 Å². The molecule has 2 N–H and O–H groups in total. The van der Waals surface area contributed by atoms with E-state index in [-0.39, 0.29) is 36.2 Å². The van der Waals surface area contributed by atoms with E-state index in [0.29, 0.717) is 6.54 Å². The Labute approximate surface area is 181 Å². The van der Waals surface area contributed by atoms with Gasteiger partial charge in [0.2, 0.25) is 21.8 Å². The molecule has 1 fully saturated rings. The minimum atomic E-state index is -3.69. The van der Waals surface area contributed by atoms with Crippen molar-refractivity contribution in [3.63, 3.8) is 0 Å². The number of hydrogen-bond donors (Lipinski definition) is 2. The summed E-state index contributed by atoms with van der Waals surface area (Å²) < 4.78 is 27.6. The third kappa shape index (κ3) is 4.76. The largest absolute Gasteiger partial charge is 0.354 e. The molecule has 8 heteroatoms. The summed E-state index contributed by atoms with van der Waals surface area (Å²) in [6, 6.07) is 21.7. The minimum absolute atomic E-state index is 0.0595. The van der Waals surface area contributed by atoms with Gasteiger partial charge in [0.1, 0.15) is 0 Å². The van der Waals surface area contributed by atoms with E-state index in [1.807, 2.05) is 54.6 Å². The number of fused-ring (bicyclic) bond motifs is 1. The fourth-order valence-electron chi connectivity index (χ4n) is 3.67. The average Bonchev–Trinajstić information content (AvgIpc) is 3.18. The highest BCUT2D eigenvalue weighted by Gasteiger charge is 2.34. The van der Waals surface area contributed by atoms with Crippen molar-refractivity contribution in [1.29, 1.82) is 0 Å².